The Kier molecular flexibility index (Phi) is 3.28. The molecule has 0 saturated carbocycles. The lowest BCUT2D eigenvalue weighted by Gasteiger charge is -2.20. The van der Waals surface area contributed by atoms with E-state index in [1.807, 2.05) is 37.3 Å². The van der Waals surface area contributed by atoms with Gasteiger partial charge < -0.3 is 0 Å². The van der Waals surface area contributed by atoms with Crippen molar-refractivity contribution in [3.05, 3.63) is 35.9 Å². The van der Waals surface area contributed by atoms with Crippen LogP contribution in [-0.4, -0.2) is 36.7 Å². The van der Waals surface area contributed by atoms with E-state index < -0.39 is 10.2 Å². The van der Waals surface area contributed by atoms with Crippen LogP contribution in [0.1, 0.15) is 12.5 Å². The molecule has 0 aromatic heterocycles. The summed E-state index contributed by atoms with van der Waals surface area (Å²) < 4.78 is 27.0. The summed E-state index contributed by atoms with van der Waals surface area (Å²) in [4.78, 5) is 0. The zero-order chi connectivity index (χ0) is 11.6. The van der Waals surface area contributed by atoms with Crippen LogP contribution in [0.2, 0.25) is 0 Å². The van der Waals surface area contributed by atoms with Gasteiger partial charge in [-0.3, -0.25) is 0 Å². The molecule has 4 nitrogen and oxygen atoms in total. The molecular weight excluding hydrogens is 224 g/mol. The molecule has 1 aliphatic rings. The highest BCUT2D eigenvalue weighted by molar-refractivity contribution is 7.87. The number of hydrogen-bond acceptors (Lipinski definition) is 2. The Morgan fingerprint density at radius 1 is 1.25 bits per heavy atom. The second kappa shape index (κ2) is 4.53. The monoisotopic (exact) mass is 240 g/mol. The lowest BCUT2D eigenvalue weighted by atomic mass is 10.2. The summed E-state index contributed by atoms with van der Waals surface area (Å²) >= 11 is 0. The molecule has 88 valence electrons. The first-order valence-electron chi connectivity index (χ1n) is 5.43. The third kappa shape index (κ3) is 2.42. The SMILES string of the molecule is CCN(Cc1ccccc1)S(=O)(=O)N1CC1. The molecule has 0 bridgehead atoms. The van der Waals surface area contributed by atoms with Gasteiger partial charge in [0.2, 0.25) is 0 Å². The summed E-state index contributed by atoms with van der Waals surface area (Å²) in [7, 11) is -3.21. The molecule has 0 amide bonds. The van der Waals surface area contributed by atoms with Gasteiger partial charge in [-0.2, -0.15) is 17.0 Å². The largest absolute Gasteiger partial charge is 0.282 e. The Morgan fingerprint density at radius 3 is 2.38 bits per heavy atom. The molecule has 2 rings (SSSR count). The molecular formula is C11H16N2O2S. The van der Waals surface area contributed by atoms with Gasteiger partial charge in [0.25, 0.3) is 10.2 Å². The molecule has 0 N–H and O–H groups in total. The van der Waals surface area contributed by atoms with Gasteiger partial charge in [-0.05, 0) is 5.56 Å². The average molecular weight is 240 g/mol. The molecule has 1 aliphatic heterocycles. The zero-order valence-corrected chi connectivity index (χ0v) is 10.2. The number of nitrogens with zero attached hydrogens (tertiary/aromatic N) is 2. The molecule has 1 saturated heterocycles. The van der Waals surface area contributed by atoms with Gasteiger partial charge in [-0.15, -0.1) is 0 Å². The fourth-order valence-electron chi connectivity index (χ4n) is 1.58. The maximum Gasteiger partial charge on any atom is 0.282 e. The fourth-order valence-corrected chi connectivity index (χ4v) is 3.09. The van der Waals surface area contributed by atoms with Crippen molar-refractivity contribution >= 4 is 10.2 Å². The van der Waals surface area contributed by atoms with Gasteiger partial charge in [-0.25, -0.2) is 0 Å². The van der Waals surface area contributed by atoms with Crippen LogP contribution in [0.5, 0.6) is 0 Å². The molecule has 5 heteroatoms. The van der Waals surface area contributed by atoms with Gasteiger partial charge in [0.15, 0.2) is 0 Å². The standard InChI is InChI=1S/C11H16N2O2S/c1-2-12(16(14,15)13-8-9-13)10-11-6-4-3-5-7-11/h3-7H,2,8-10H2,1H3. The van der Waals surface area contributed by atoms with E-state index in [0.717, 1.165) is 5.56 Å². The highest BCUT2D eigenvalue weighted by Crippen LogP contribution is 2.18. The fraction of sp³-hybridized carbons (Fsp3) is 0.455. The van der Waals surface area contributed by atoms with Gasteiger partial charge in [0, 0.05) is 26.2 Å². The Hall–Kier alpha value is -0.910. The second-order valence-corrected chi connectivity index (χ2v) is 5.75. The molecule has 0 unspecified atom stereocenters. The maximum atomic E-state index is 12.0. The van der Waals surface area contributed by atoms with Crippen molar-refractivity contribution in [1.29, 1.82) is 0 Å². The number of benzene rings is 1. The van der Waals surface area contributed by atoms with Crippen molar-refractivity contribution in [2.45, 2.75) is 13.5 Å². The predicted molar refractivity (Wildman–Crippen MR) is 63.0 cm³/mol. The first kappa shape index (κ1) is 11.6. The van der Waals surface area contributed by atoms with Crippen LogP contribution < -0.4 is 0 Å². The highest BCUT2D eigenvalue weighted by Gasteiger charge is 2.36. The van der Waals surface area contributed by atoms with E-state index >= 15 is 0 Å². The van der Waals surface area contributed by atoms with Gasteiger partial charge in [-0.1, -0.05) is 37.3 Å². The van der Waals surface area contributed by atoms with Crippen molar-refractivity contribution in [2.75, 3.05) is 19.6 Å². The summed E-state index contributed by atoms with van der Waals surface area (Å²) in [5.41, 5.74) is 1.02. The van der Waals surface area contributed by atoms with Gasteiger partial charge in [0.1, 0.15) is 0 Å². The van der Waals surface area contributed by atoms with Crippen molar-refractivity contribution in [1.82, 2.24) is 8.61 Å². The molecule has 1 fully saturated rings. The topological polar surface area (TPSA) is 40.4 Å². The van der Waals surface area contributed by atoms with E-state index in [-0.39, 0.29) is 0 Å². The summed E-state index contributed by atoms with van der Waals surface area (Å²) in [6, 6.07) is 9.67. The lowest BCUT2D eigenvalue weighted by molar-refractivity contribution is 0.401. The molecule has 1 heterocycles. The quantitative estimate of drug-likeness (QED) is 0.722. The van der Waals surface area contributed by atoms with Crippen molar-refractivity contribution < 1.29 is 8.42 Å². The van der Waals surface area contributed by atoms with Crippen LogP contribution in [0.3, 0.4) is 0 Å². The Morgan fingerprint density at radius 2 is 1.88 bits per heavy atom. The van der Waals surface area contributed by atoms with Crippen LogP contribution in [0.25, 0.3) is 0 Å². The Balaban J connectivity index is 2.12. The Labute approximate surface area is 96.7 Å². The van der Waals surface area contributed by atoms with E-state index in [4.69, 9.17) is 0 Å². The Bertz CT molecular complexity index is 440. The normalized spacial score (nSPS) is 16.6. The van der Waals surface area contributed by atoms with Crippen molar-refractivity contribution in [3.8, 4) is 0 Å². The minimum atomic E-state index is -3.21. The summed E-state index contributed by atoms with van der Waals surface area (Å²) in [6.45, 7) is 4.15. The molecule has 0 aliphatic carbocycles. The molecule has 1 aromatic rings. The minimum Gasteiger partial charge on any atom is -0.195 e. The van der Waals surface area contributed by atoms with Crippen LogP contribution in [0.15, 0.2) is 30.3 Å². The zero-order valence-electron chi connectivity index (χ0n) is 9.33. The first-order valence-corrected chi connectivity index (χ1v) is 6.83. The van der Waals surface area contributed by atoms with E-state index in [0.29, 0.717) is 26.2 Å². The van der Waals surface area contributed by atoms with Crippen LogP contribution >= 0.6 is 0 Å². The van der Waals surface area contributed by atoms with Gasteiger partial charge >= 0.3 is 0 Å². The molecule has 0 radical (unpaired) electrons. The van der Waals surface area contributed by atoms with Crippen LogP contribution in [0, 0.1) is 0 Å². The van der Waals surface area contributed by atoms with Crippen molar-refractivity contribution in [2.24, 2.45) is 0 Å². The number of rotatable bonds is 5. The van der Waals surface area contributed by atoms with Crippen molar-refractivity contribution in [3.63, 3.8) is 0 Å². The summed E-state index contributed by atoms with van der Waals surface area (Å²) in [5, 5.41) is 0. The van der Waals surface area contributed by atoms with E-state index in [1.54, 1.807) is 0 Å². The first-order chi connectivity index (χ1) is 7.64. The summed E-state index contributed by atoms with van der Waals surface area (Å²) in [5.74, 6) is 0. The third-order valence-electron chi connectivity index (χ3n) is 2.61. The van der Waals surface area contributed by atoms with E-state index in [1.165, 1.54) is 8.61 Å². The highest BCUT2D eigenvalue weighted by atomic mass is 32.2. The van der Waals surface area contributed by atoms with Gasteiger partial charge in [0.05, 0.1) is 0 Å². The number of hydrogen-bond donors (Lipinski definition) is 0. The molecule has 1 aromatic carbocycles. The van der Waals surface area contributed by atoms with E-state index in [9.17, 15) is 8.42 Å². The lowest BCUT2D eigenvalue weighted by Crippen LogP contribution is -2.35. The maximum absolute atomic E-state index is 12.0. The minimum absolute atomic E-state index is 0.455. The third-order valence-corrected chi connectivity index (χ3v) is 4.67. The van der Waals surface area contributed by atoms with E-state index in [2.05, 4.69) is 0 Å². The average Bonchev–Trinajstić information content (AvgIpc) is 3.11. The smallest absolute Gasteiger partial charge is 0.195 e. The second-order valence-electron chi connectivity index (χ2n) is 3.82. The van der Waals surface area contributed by atoms with Crippen LogP contribution in [-0.2, 0) is 16.8 Å². The molecule has 16 heavy (non-hydrogen) atoms. The molecule has 0 atom stereocenters. The predicted octanol–water partition coefficient (Wildman–Crippen LogP) is 1.07. The summed E-state index contributed by atoms with van der Waals surface area (Å²) in [6.07, 6.45) is 0. The molecule has 0 spiro atoms. The van der Waals surface area contributed by atoms with Crippen LogP contribution in [0.4, 0.5) is 0 Å².